The molecule has 1 atom stereocenters. The fraction of sp³-hybridized carbons (Fsp3) is 0.231. The Labute approximate surface area is 85.2 Å². The van der Waals surface area contributed by atoms with Crippen LogP contribution in [0.5, 0.6) is 0 Å². The maximum atomic E-state index is 3.44. The quantitative estimate of drug-likeness (QED) is 0.742. The van der Waals surface area contributed by atoms with Crippen LogP contribution < -0.4 is 5.32 Å². The van der Waals surface area contributed by atoms with Crippen LogP contribution in [0.15, 0.2) is 54.3 Å². The van der Waals surface area contributed by atoms with Gasteiger partial charge in [0.05, 0.1) is 0 Å². The van der Waals surface area contributed by atoms with E-state index in [1.807, 2.05) is 18.2 Å². The van der Waals surface area contributed by atoms with Gasteiger partial charge in [0.25, 0.3) is 0 Å². The van der Waals surface area contributed by atoms with Crippen molar-refractivity contribution in [1.82, 2.24) is 0 Å². The summed E-state index contributed by atoms with van der Waals surface area (Å²) in [5.41, 5.74) is 2.47. The standard InChI is InChI=1S/C13H15N/c1-11-7-5-6-10-13(11)14-12-8-3-2-4-9-12/h2-6,8-11,14H,7H2,1H3. The highest BCUT2D eigenvalue weighted by molar-refractivity contribution is 5.49. The van der Waals surface area contributed by atoms with Gasteiger partial charge in [-0.05, 0) is 30.5 Å². The molecule has 1 nitrogen and oxygen atoms in total. The van der Waals surface area contributed by atoms with Crippen molar-refractivity contribution < 1.29 is 0 Å². The van der Waals surface area contributed by atoms with Gasteiger partial charge in [0, 0.05) is 11.4 Å². The molecule has 0 heterocycles. The molecule has 2 rings (SSSR count). The second kappa shape index (κ2) is 4.14. The lowest BCUT2D eigenvalue weighted by atomic mass is 9.99. The van der Waals surface area contributed by atoms with Crippen LogP contribution in [0.1, 0.15) is 13.3 Å². The molecule has 0 saturated carbocycles. The first-order valence-electron chi connectivity index (χ1n) is 5.05. The van der Waals surface area contributed by atoms with Gasteiger partial charge in [-0.1, -0.05) is 37.3 Å². The normalized spacial score (nSPS) is 20.4. The van der Waals surface area contributed by atoms with Crippen LogP contribution in [0.25, 0.3) is 0 Å². The van der Waals surface area contributed by atoms with Crippen molar-refractivity contribution in [3.8, 4) is 0 Å². The van der Waals surface area contributed by atoms with Crippen LogP contribution in [0.4, 0.5) is 5.69 Å². The summed E-state index contributed by atoms with van der Waals surface area (Å²) >= 11 is 0. The summed E-state index contributed by atoms with van der Waals surface area (Å²) in [6, 6.07) is 10.3. The molecule has 0 fully saturated rings. The van der Waals surface area contributed by atoms with Gasteiger partial charge in [0.2, 0.25) is 0 Å². The highest BCUT2D eigenvalue weighted by Gasteiger charge is 2.08. The molecule has 0 saturated heterocycles. The second-order valence-electron chi connectivity index (χ2n) is 3.68. The summed E-state index contributed by atoms with van der Waals surface area (Å²) in [4.78, 5) is 0. The molecule has 0 spiro atoms. The summed E-state index contributed by atoms with van der Waals surface area (Å²) in [7, 11) is 0. The van der Waals surface area contributed by atoms with Crippen LogP contribution in [-0.4, -0.2) is 0 Å². The molecule has 1 aromatic carbocycles. The van der Waals surface area contributed by atoms with Crippen LogP contribution in [-0.2, 0) is 0 Å². The van der Waals surface area contributed by atoms with Gasteiger partial charge in [-0.15, -0.1) is 0 Å². The van der Waals surface area contributed by atoms with E-state index < -0.39 is 0 Å². The Morgan fingerprint density at radius 1 is 1.21 bits per heavy atom. The Balaban J connectivity index is 2.11. The zero-order valence-corrected chi connectivity index (χ0v) is 8.40. The largest absolute Gasteiger partial charge is 0.359 e. The van der Waals surface area contributed by atoms with E-state index in [-0.39, 0.29) is 0 Å². The number of hydrogen-bond donors (Lipinski definition) is 1. The summed E-state index contributed by atoms with van der Waals surface area (Å²) in [6.07, 6.45) is 7.61. The Morgan fingerprint density at radius 3 is 2.71 bits per heavy atom. The molecule has 1 heteroatoms. The zero-order chi connectivity index (χ0) is 9.80. The van der Waals surface area contributed by atoms with Gasteiger partial charge in [-0.3, -0.25) is 0 Å². The predicted octanol–water partition coefficient (Wildman–Crippen LogP) is 3.58. The Hall–Kier alpha value is -1.50. The molecule has 0 aliphatic heterocycles. The van der Waals surface area contributed by atoms with Gasteiger partial charge >= 0.3 is 0 Å². The molecular formula is C13H15N. The highest BCUT2D eigenvalue weighted by Crippen LogP contribution is 2.21. The van der Waals surface area contributed by atoms with E-state index in [0.717, 1.165) is 6.42 Å². The van der Waals surface area contributed by atoms with Gasteiger partial charge < -0.3 is 5.32 Å². The highest BCUT2D eigenvalue weighted by atomic mass is 14.9. The third-order valence-electron chi connectivity index (χ3n) is 2.49. The number of rotatable bonds is 2. The molecule has 0 radical (unpaired) electrons. The average Bonchev–Trinajstić information content (AvgIpc) is 2.23. The van der Waals surface area contributed by atoms with Crippen molar-refractivity contribution in [3.05, 3.63) is 54.3 Å². The lowest BCUT2D eigenvalue weighted by Gasteiger charge is -2.18. The van der Waals surface area contributed by atoms with E-state index in [0.29, 0.717) is 5.92 Å². The minimum absolute atomic E-state index is 0.597. The van der Waals surface area contributed by atoms with Gasteiger partial charge in [0.1, 0.15) is 0 Å². The maximum Gasteiger partial charge on any atom is 0.0381 e. The fourth-order valence-corrected chi connectivity index (χ4v) is 1.60. The zero-order valence-electron chi connectivity index (χ0n) is 8.40. The van der Waals surface area contributed by atoms with Gasteiger partial charge in [0.15, 0.2) is 0 Å². The first kappa shape index (κ1) is 9.07. The van der Waals surface area contributed by atoms with E-state index in [9.17, 15) is 0 Å². The number of allylic oxidation sites excluding steroid dienone is 4. The summed E-state index contributed by atoms with van der Waals surface area (Å²) in [6.45, 7) is 2.24. The van der Waals surface area contributed by atoms with Crippen molar-refractivity contribution in [2.75, 3.05) is 5.32 Å². The SMILES string of the molecule is CC1CC=CC=C1Nc1ccccc1. The first-order chi connectivity index (χ1) is 6.86. The molecule has 0 bridgehead atoms. The Bertz CT molecular complexity index is 349. The van der Waals surface area contributed by atoms with Crippen LogP contribution >= 0.6 is 0 Å². The van der Waals surface area contributed by atoms with Crippen molar-refractivity contribution in [2.24, 2.45) is 5.92 Å². The lowest BCUT2D eigenvalue weighted by molar-refractivity contribution is 0.691. The lowest BCUT2D eigenvalue weighted by Crippen LogP contribution is -2.10. The average molecular weight is 185 g/mol. The Kier molecular flexibility index (Phi) is 2.68. The number of nitrogens with one attached hydrogen (secondary N) is 1. The van der Waals surface area contributed by atoms with E-state index >= 15 is 0 Å². The summed E-state index contributed by atoms with van der Waals surface area (Å²) in [5.74, 6) is 0.597. The van der Waals surface area contributed by atoms with Crippen molar-refractivity contribution in [2.45, 2.75) is 13.3 Å². The molecule has 1 aromatic rings. The van der Waals surface area contributed by atoms with E-state index in [1.165, 1.54) is 11.4 Å². The number of para-hydroxylation sites is 1. The number of anilines is 1. The third-order valence-corrected chi connectivity index (χ3v) is 2.49. The molecule has 72 valence electrons. The van der Waals surface area contributed by atoms with E-state index in [2.05, 4.69) is 42.6 Å². The molecule has 1 N–H and O–H groups in total. The number of hydrogen-bond acceptors (Lipinski definition) is 1. The second-order valence-corrected chi connectivity index (χ2v) is 3.68. The predicted molar refractivity (Wildman–Crippen MR) is 61.1 cm³/mol. The molecule has 0 amide bonds. The molecule has 1 unspecified atom stereocenters. The molecule has 1 aliphatic rings. The maximum absolute atomic E-state index is 3.44. The van der Waals surface area contributed by atoms with E-state index in [1.54, 1.807) is 0 Å². The topological polar surface area (TPSA) is 12.0 Å². The third kappa shape index (κ3) is 2.05. The van der Waals surface area contributed by atoms with Crippen LogP contribution in [0, 0.1) is 5.92 Å². The van der Waals surface area contributed by atoms with Crippen molar-refractivity contribution in [1.29, 1.82) is 0 Å². The van der Waals surface area contributed by atoms with Gasteiger partial charge in [-0.2, -0.15) is 0 Å². The molecule has 0 aromatic heterocycles. The fourth-order valence-electron chi connectivity index (χ4n) is 1.60. The van der Waals surface area contributed by atoms with E-state index in [4.69, 9.17) is 0 Å². The molecule has 1 aliphatic carbocycles. The molecular weight excluding hydrogens is 170 g/mol. The minimum Gasteiger partial charge on any atom is -0.359 e. The Morgan fingerprint density at radius 2 is 2.00 bits per heavy atom. The summed E-state index contributed by atoms with van der Waals surface area (Å²) in [5, 5.41) is 3.44. The minimum atomic E-state index is 0.597. The van der Waals surface area contributed by atoms with Crippen molar-refractivity contribution >= 4 is 5.69 Å². The van der Waals surface area contributed by atoms with Gasteiger partial charge in [-0.25, -0.2) is 0 Å². The monoisotopic (exact) mass is 185 g/mol. The smallest absolute Gasteiger partial charge is 0.0381 e. The summed E-state index contributed by atoms with van der Waals surface area (Å²) < 4.78 is 0. The first-order valence-corrected chi connectivity index (χ1v) is 5.05. The molecule has 14 heavy (non-hydrogen) atoms. The van der Waals surface area contributed by atoms with Crippen molar-refractivity contribution in [3.63, 3.8) is 0 Å². The number of benzene rings is 1. The van der Waals surface area contributed by atoms with Crippen LogP contribution in [0.2, 0.25) is 0 Å². The van der Waals surface area contributed by atoms with Crippen LogP contribution in [0.3, 0.4) is 0 Å².